The molecule has 0 aromatic heterocycles. The fourth-order valence-corrected chi connectivity index (χ4v) is 4.77. The Kier molecular flexibility index (Phi) is 9.36. The molecular weight excluding hydrogens is 547 g/mol. The van der Waals surface area contributed by atoms with Crippen molar-refractivity contribution in [3.8, 4) is 17.2 Å². The number of nitrogens with one attached hydrogen (secondary N) is 1. The highest BCUT2D eigenvalue weighted by Gasteiger charge is 2.30. The van der Waals surface area contributed by atoms with E-state index in [1.807, 2.05) is 38.1 Å². The summed E-state index contributed by atoms with van der Waals surface area (Å²) in [5.41, 5.74) is 3.17. The Morgan fingerprint density at radius 2 is 1.63 bits per heavy atom. The molecule has 8 heteroatoms. The first-order valence-electron chi connectivity index (χ1n) is 14.3. The first-order valence-corrected chi connectivity index (χ1v) is 14.3. The molecule has 5 rings (SSSR count). The van der Waals surface area contributed by atoms with E-state index >= 15 is 0 Å². The van der Waals surface area contributed by atoms with Crippen molar-refractivity contribution >= 4 is 23.6 Å². The fraction of sp³-hybridized carbons (Fsp3) is 0.200. The zero-order chi connectivity index (χ0) is 30.2. The van der Waals surface area contributed by atoms with Gasteiger partial charge in [-0.1, -0.05) is 48.5 Å². The van der Waals surface area contributed by atoms with Gasteiger partial charge >= 0.3 is 0 Å². The molecule has 1 aliphatic heterocycles. The molecule has 0 bridgehead atoms. The van der Waals surface area contributed by atoms with E-state index in [9.17, 15) is 14.0 Å². The number of carbonyl (C=O) groups is 2. The fourth-order valence-electron chi connectivity index (χ4n) is 4.77. The second-order valence-corrected chi connectivity index (χ2v) is 9.84. The number of nitrogens with zero attached hydrogens (tertiary/aromatic N) is 1. The molecule has 1 heterocycles. The van der Waals surface area contributed by atoms with Crippen LogP contribution in [0.4, 0.5) is 10.1 Å². The molecule has 0 unspecified atom stereocenters. The highest BCUT2D eigenvalue weighted by molar-refractivity contribution is 6.09. The Hall–Kier alpha value is -5.11. The summed E-state index contributed by atoms with van der Waals surface area (Å²) in [4.78, 5) is 27.8. The molecule has 0 radical (unpaired) electrons. The summed E-state index contributed by atoms with van der Waals surface area (Å²) < 4.78 is 31.7. The maximum atomic E-state index is 14.4. The third-order valence-corrected chi connectivity index (χ3v) is 6.90. The monoisotopic (exact) mass is 580 g/mol. The predicted octanol–water partition coefficient (Wildman–Crippen LogP) is 6.56. The lowest BCUT2D eigenvalue weighted by Gasteiger charge is -2.30. The zero-order valence-electron chi connectivity index (χ0n) is 24.1. The number of hydrogen-bond acceptors (Lipinski definition) is 5. The molecule has 43 heavy (non-hydrogen) atoms. The summed E-state index contributed by atoms with van der Waals surface area (Å²) in [5.74, 6) is 1.03. The Labute approximate surface area is 250 Å². The SMILES string of the molecule is CCOc1ccc(CCNC(=O)c2ccc(/C=C3\Oc4ccccc4N(Cc4ccccc4F)C3=O)cc2)cc1OCC. The van der Waals surface area contributed by atoms with E-state index < -0.39 is 0 Å². The number of benzene rings is 4. The van der Waals surface area contributed by atoms with E-state index in [-0.39, 0.29) is 29.9 Å². The standard InChI is InChI=1S/C35H33FN2O5/c1-3-41-31-18-15-25(21-32(31)42-4-2)19-20-37-34(39)26-16-13-24(14-17-26)22-33-35(40)38(23-27-9-5-6-10-28(27)36)29-11-7-8-12-30(29)43-33/h5-18,21-22H,3-4,19-20,23H2,1-2H3,(H,37,39)/b33-22-. The van der Waals surface area contributed by atoms with Crippen LogP contribution in [0.5, 0.6) is 17.2 Å². The molecule has 4 aromatic carbocycles. The van der Waals surface area contributed by atoms with Gasteiger partial charge in [-0.25, -0.2) is 4.39 Å². The zero-order valence-corrected chi connectivity index (χ0v) is 24.1. The van der Waals surface area contributed by atoms with E-state index in [1.54, 1.807) is 66.7 Å². The average molecular weight is 581 g/mol. The Morgan fingerprint density at radius 3 is 2.40 bits per heavy atom. The van der Waals surface area contributed by atoms with Crippen LogP contribution in [0.1, 0.15) is 40.9 Å². The van der Waals surface area contributed by atoms with Crippen LogP contribution < -0.4 is 24.4 Å². The van der Waals surface area contributed by atoms with Crippen LogP contribution >= 0.6 is 0 Å². The smallest absolute Gasteiger partial charge is 0.294 e. The van der Waals surface area contributed by atoms with Crippen LogP contribution in [0.25, 0.3) is 6.08 Å². The molecule has 0 saturated carbocycles. The van der Waals surface area contributed by atoms with Crippen LogP contribution in [0.15, 0.2) is 96.8 Å². The molecule has 1 aliphatic rings. The topological polar surface area (TPSA) is 77.1 Å². The Balaban J connectivity index is 1.24. The minimum atomic E-state index is -0.384. The number of ether oxygens (including phenoxy) is 3. The third-order valence-electron chi connectivity index (χ3n) is 6.90. The maximum Gasteiger partial charge on any atom is 0.294 e. The van der Waals surface area contributed by atoms with Crippen LogP contribution in [0.3, 0.4) is 0 Å². The summed E-state index contributed by atoms with van der Waals surface area (Å²) >= 11 is 0. The third kappa shape index (κ3) is 7.04. The van der Waals surface area contributed by atoms with Gasteiger partial charge in [-0.05, 0) is 79.9 Å². The number of anilines is 1. The van der Waals surface area contributed by atoms with Gasteiger partial charge in [-0.15, -0.1) is 0 Å². The number of fused-ring (bicyclic) bond motifs is 1. The van der Waals surface area contributed by atoms with E-state index in [0.717, 1.165) is 5.56 Å². The first kappa shape index (κ1) is 29.4. The van der Waals surface area contributed by atoms with E-state index in [2.05, 4.69) is 5.32 Å². The van der Waals surface area contributed by atoms with Gasteiger partial charge in [0.05, 0.1) is 25.4 Å². The molecule has 0 aliphatic carbocycles. The normalized spacial score (nSPS) is 13.3. The van der Waals surface area contributed by atoms with E-state index in [0.29, 0.717) is 65.8 Å². The largest absolute Gasteiger partial charge is 0.490 e. The van der Waals surface area contributed by atoms with Gasteiger partial charge < -0.3 is 19.5 Å². The van der Waals surface area contributed by atoms with Crippen molar-refractivity contribution in [3.63, 3.8) is 0 Å². The van der Waals surface area contributed by atoms with Crippen LogP contribution in [-0.2, 0) is 17.8 Å². The van der Waals surface area contributed by atoms with Crippen molar-refractivity contribution in [2.24, 2.45) is 0 Å². The second-order valence-electron chi connectivity index (χ2n) is 9.84. The number of amides is 2. The second kappa shape index (κ2) is 13.7. The molecule has 1 N–H and O–H groups in total. The van der Waals surface area contributed by atoms with Gasteiger partial charge in [0, 0.05) is 17.7 Å². The van der Waals surface area contributed by atoms with Crippen LogP contribution in [0.2, 0.25) is 0 Å². The first-order chi connectivity index (χ1) is 21.0. The van der Waals surface area contributed by atoms with Crippen LogP contribution in [-0.4, -0.2) is 31.6 Å². The molecule has 220 valence electrons. The van der Waals surface area contributed by atoms with Gasteiger partial charge in [-0.3, -0.25) is 14.5 Å². The number of halogens is 1. The highest BCUT2D eigenvalue weighted by Crippen LogP contribution is 2.37. The maximum absolute atomic E-state index is 14.4. The summed E-state index contributed by atoms with van der Waals surface area (Å²) in [6.07, 6.45) is 2.25. The lowest BCUT2D eigenvalue weighted by Crippen LogP contribution is -2.37. The van der Waals surface area contributed by atoms with Gasteiger partial charge in [0.1, 0.15) is 5.82 Å². The van der Waals surface area contributed by atoms with E-state index in [1.165, 1.54) is 11.0 Å². The molecule has 0 saturated heterocycles. The summed E-state index contributed by atoms with van der Waals surface area (Å²) in [5, 5.41) is 2.95. The van der Waals surface area contributed by atoms with Gasteiger partial charge in [-0.2, -0.15) is 0 Å². The molecule has 4 aromatic rings. The van der Waals surface area contributed by atoms with Crippen molar-refractivity contribution in [3.05, 3.63) is 125 Å². The molecular formula is C35H33FN2O5. The van der Waals surface area contributed by atoms with E-state index in [4.69, 9.17) is 14.2 Å². The lowest BCUT2D eigenvalue weighted by molar-refractivity contribution is -0.117. The number of rotatable bonds is 11. The van der Waals surface area contributed by atoms with Crippen molar-refractivity contribution in [1.82, 2.24) is 5.32 Å². The van der Waals surface area contributed by atoms with Crippen molar-refractivity contribution < 1.29 is 28.2 Å². The molecule has 7 nitrogen and oxygen atoms in total. The molecule has 0 fully saturated rings. The number of carbonyl (C=O) groups excluding carboxylic acids is 2. The minimum Gasteiger partial charge on any atom is -0.490 e. The molecule has 0 spiro atoms. The molecule has 2 amide bonds. The summed E-state index contributed by atoms with van der Waals surface area (Å²) in [6, 6.07) is 26.2. The number of para-hydroxylation sites is 2. The summed E-state index contributed by atoms with van der Waals surface area (Å²) in [7, 11) is 0. The van der Waals surface area contributed by atoms with Gasteiger partial charge in [0.15, 0.2) is 23.0 Å². The Bertz CT molecular complexity index is 1630. The van der Waals surface area contributed by atoms with Crippen molar-refractivity contribution in [2.75, 3.05) is 24.7 Å². The van der Waals surface area contributed by atoms with Crippen molar-refractivity contribution in [1.29, 1.82) is 0 Å². The highest BCUT2D eigenvalue weighted by atomic mass is 19.1. The predicted molar refractivity (Wildman–Crippen MR) is 164 cm³/mol. The van der Waals surface area contributed by atoms with Gasteiger partial charge in [0.25, 0.3) is 11.8 Å². The molecule has 0 atom stereocenters. The lowest BCUT2D eigenvalue weighted by atomic mass is 10.1. The minimum absolute atomic E-state index is 0.0614. The summed E-state index contributed by atoms with van der Waals surface area (Å²) in [6.45, 7) is 5.44. The van der Waals surface area contributed by atoms with Gasteiger partial charge in [0.2, 0.25) is 0 Å². The van der Waals surface area contributed by atoms with Crippen LogP contribution in [0, 0.1) is 5.82 Å². The number of hydrogen-bond donors (Lipinski definition) is 1. The average Bonchev–Trinajstić information content (AvgIpc) is 3.02. The quantitative estimate of drug-likeness (QED) is 0.203. The Morgan fingerprint density at radius 1 is 0.907 bits per heavy atom. The van der Waals surface area contributed by atoms with Crippen molar-refractivity contribution in [2.45, 2.75) is 26.8 Å².